The van der Waals surface area contributed by atoms with Crippen molar-refractivity contribution in [1.29, 1.82) is 0 Å². The van der Waals surface area contributed by atoms with Crippen molar-refractivity contribution >= 4 is 18.0 Å². The van der Waals surface area contributed by atoms with Gasteiger partial charge in [-0.3, -0.25) is 4.79 Å². The Morgan fingerprint density at radius 1 is 0.643 bits per heavy atom. The number of carbonyl (C=O) groups is 3. The lowest BCUT2D eigenvalue weighted by Crippen LogP contribution is -2.62. The zero-order valence-electron chi connectivity index (χ0n) is 32.2. The molecular weight excluding hydrogens is 718 g/mol. The van der Waals surface area contributed by atoms with Gasteiger partial charge in [0.2, 0.25) is 0 Å². The minimum absolute atomic E-state index is 0.0428. The fraction of sp³-hybridized carbons (Fsp3) is 0.386. The number of esters is 2. The molecule has 6 atom stereocenters. The smallest absolute Gasteiger partial charge is 0.408 e. The standard InChI is InChI=1S/C44H51NO11/c1-31(46)54-40-39(51-27-34-21-13-7-14-22-34)38(50-26-33-19-11-6-12-20-33)37(30-49-25-32-17-9-5-10-18-32)55-42(40)53-29-36(45-43(48)56-44(2,3)4)41(47)52-28-35-23-15-8-16-24-35/h5-24,36-40,42H,25-30H2,1-4H3,(H,45,48)/t36-,37+,38+,39-,40-,42-/m0/s1. The molecule has 1 aliphatic rings. The molecular formula is C44H51NO11. The summed E-state index contributed by atoms with van der Waals surface area (Å²) in [5, 5.41) is 2.57. The van der Waals surface area contributed by atoms with Crippen LogP contribution in [0.15, 0.2) is 121 Å². The third-order valence-corrected chi connectivity index (χ3v) is 8.48. The van der Waals surface area contributed by atoms with Crippen LogP contribution in [0.3, 0.4) is 0 Å². The van der Waals surface area contributed by atoms with E-state index in [9.17, 15) is 14.4 Å². The average molecular weight is 770 g/mol. The van der Waals surface area contributed by atoms with Crippen LogP contribution < -0.4 is 5.32 Å². The predicted octanol–water partition coefficient (Wildman–Crippen LogP) is 6.68. The van der Waals surface area contributed by atoms with Crippen molar-refractivity contribution in [2.24, 2.45) is 0 Å². The zero-order valence-corrected chi connectivity index (χ0v) is 32.2. The van der Waals surface area contributed by atoms with Crippen molar-refractivity contribution in [3.8, 4) is 0 Å². The number of nitrogens with one attached hydrogen (secondary N) is 1. The molecule has 1 saturated heterocycles. The summed E-state index contributed by atoms with van der Waals surface area (Å²) in [6, 6.07) is 36.6. The lowest BCUT2D eigenvalue weighted by Gasteiger charge is -2.45. The van der Waals surface area contributed by atoms with Crippen molar-refractivity contribution in [2.45, 2.75) is 96.5 Å². The van der Waals surface area contributed by atoms with E-state index in [0.29, 0.717) is 0 Å². The SMILES string of the molecule is CC(=O)O[C@@H]1[C@@H](OC[C@H](NC(=O)OC(C)(C)C)C(=O)OCc2ccccc2)O[C@H](COCc2ccccc2)[C@@H](OCc2ccccc2)[C@@H]1OCc1ccccc1. The van der Waals surface area contributed by atoms with Gasteiger partial charge in [0.15, 0.2) is 18.4 Å². The Kier molecular flexibility index (Phi) is 16.0. The van der Waals surface area contributed by atoms with E-state index in [0.717, 1.165) is 22.3 Å². The molecule has 5 rings (SSSR count). The molecule has 4 aromatic carbocycles. The number of benzene rings is 4. The molecule has 56 heavy (non-hydrogen) atoms. The third kappa shape index (κ3) is 13.9. The monoisotopic (exact) mass is 769 g/mol. The van der Waals surface area contributed by atoms with Crippen molar-refractivity contribution < 1.29 is 52.3 Å². The first-order chi connectivity index (χ1) is 27.0. The van der Waals surface area contributed by atoms with Gasteiger partial charge in [0.25, 0.3) is 0 Å². The number of amides is 1. The fourth-order valence-corrected chi connectivity index (χ4v) is 5.89. The van der Waals surface area contributed by atoms with Crippen molar-refractivity contribution in [2.75, 3.05) is 13.2 Å². The lowest BCUT2D eigenvalue weighted by atomic mass is 9.97. The molecule has 1 N–H and O–H groups in total. The van der Waals surface area contributed by atoms with Crippen LogP contribution in [-0.4, -0.2) is 73.6 Å². The summed E-state index contributed by atoms with van der Waals surface area (Å²) in [5.41, 5.74) is 2.64. The van der Waals surface area contributed by atoms with Gasteiger partial charge in [0.05, 0.1) is 33.0 Å². The van der Waals surface area contributed by atoms with Crippen LogP contribution in [0.4, 0.5) is 4.79 Å². The molecule has 0 spiro atoms. The van der Waals surface area contributed by atoms with E-state index < -0.39 is 67.0 Å². The molecule has 1 aliphatic heterocycles. The van der Waals surface area contributed by atoms with Gasteiger partial charge in [-0.1, -0.05) is 121 Å². The van der Waals surface area contributed by atoms with Gasteiger partial charge in [-0.05, 0) is 43.0 Å². The molecule has 1 heterocycles. The lowest BCUT2D eigenvalue weighted by molar-refractivity contribution is -0.321. The Balaban J connectivity index is 1.43. The first kappa shape index (κ1) is 42.0. The number of alkyl carbamates (subject to hydrolysis) is 1. The van der Waals surface area contributed by atoms with E-state index in [-0.39, 0.29) is 33.0 Å². The second kappa shape index (κ2) is 21.3. The highest BCUT2D eigenvalue weighted by molar-refractivity contribution is 5.81. The minimum atomic E-state index is -1.33. The highest BCUT2D eigenvalue weighted by Gasteiger charge is 2.50. The van der Waals surface area contributed by atoms with E-state index in [1.807, 2.05) is 121 Å². The van der Waals surface area contributed by atoms with Crippen LogP contribution >= 0.6 is 0 Å². The highest BCUT2D eigenvalue weighted by Crippen LogP contribution is 2.31. The summed E-state index contributed by atoms with van der Waals surface area (Å²) in [5.74, 6) is -1.39. The van der Waals surface area contributed by atoms with Crippen LogP contribution in [0.2, 0.25) is 0 Å². The summed E-state index contributed by atoms with van der Waals surface area (Å²) in [6.45, 7) is 6.59. The van der Waals surface area contributed by atoms with Gasteiger partial charge in [0.1, 0.15) is 30.5 Å². The summed E-state index contributed by atoms with van der Waals surface area (Å²) >= 11 is 0. The fourth-order valence-electron chi connectivity index (χ4n) is 5.89. The number of hydrogen-bond donors (Lipinski definition) is 1. The van der Waals surface area contributed by atoms with Crippen LogP contribution in [0.1, 0.15) is 49.9 Å². The normalized spacial score (nSPS) is 20.0. The minimum Gasteiger partial charge on any atom is -0.459 e. The van der Waals surface area contributed by atoms with E-state index in [4.69, 9.17) is 37.9 Å². The Labute approximate surface area is 328 Å². The third-order valence-electron chi connectivity index (χ3n) is 8.48. The number of ether oxygens (including phenoxy) is 8. The van der Waals surface area contributed by atoms with E-state index in [2.05, 4.69) is 5.32 Å². The first-order valence-corrected chi connectivity index (χ1v) is 18.6. The molecule has 4 aromatic rings. The van der Waals surface area contributed by atoms with Crippen molar-refractivity contribution in [1.82, 2.24) is 5.32 Å². The maximum Gasteiger partial charge on any atom is 0.408 e. The second-order valence-corrected chi connectivity index (χ2v) is 14.3. The van der Waals surface area contributed by atoms with Gasteiger partial charge in [-0.2, -0.15) is 0 Å². The maximum absolute atomic E-state index is 13.5. The Morgan fingerprint density at radius 2 is 1.12 bits per heavy atom. The Morgan fingerprint density at radius 3 is 1.62 bits per heavy atom. The van der Waals surface area contributed by atoms with Gasteiger partial charge in [0, 0.05) is 6.92 Å². The predicted molar refractivity (Wildman–Crippen MR) is 206 cm³/mol. The van der Waals surface area contributed by atoms with Crippen LogP contribution in [0.25, 0.3) is 0 Å². The van der Waals surface area contributed by atoms with E-state index >= 15 is 0 Å². The molecule has 0 bridgehead atoms. The molecule has 1 fully saturated rings. The van der Waals surface area contributed by atoms with E-state index in [1.165, 1.54) is 6.92 Å². The summed E-state index contributed by atoms with van der Waals surface area (Å²) in [4.78, 5) is 39.2. The van der Waals surface area contributed by atoms with Gasteiger partial charge >= 0.3 is 18.0 Å². The Bertz CT molecular complexity index is 1770. The molecule has 12 nitrogen and oxygen atoms in total. The summed E-state index contributed by atoms with van der Waals surface area (Å²) < 4.78 is 49.1. The molecule has 0 saturated carbocycles. The van der Waals surface area contributed by atoms with Gasteiger partial charge in [-0.15, -0.1) is 0 Å². The Hall–Kier alpha value is -5.11. The molecule has 0 aromatic heterocycles. The molecule has 0 unspecified atom stereocenters. The van der Waals surface area contributed by atoms with E-state index in [1.54, 1.807) is 20.8 Å². The first-order valence-electron chi connectivity index (χ1n) is 18.6. The van der Waals surface area contributed by atoms with Crippen LogP contribution in [-0.2, 0) is 73.9 Å². The topological polar surface area (TPSA) is 137 Å². The summed E-state index contributed by atoms with van der Waals surface area (Å²) in [7, 11) is 0. The number of hydrogen-bond acceptors (Lipinski definition) is 11. The summed E-state index contributed by atoms with van der Waals surface area (Å²) in [6.07, 6.45) is -5.88. The number of rotatable bonds is 18. The highest BCUT2D eigenvalue weighted by atomic mass is 16.7. The average Bonchev–Trinajstić information content (AvgIpc) is 3.18. The van der Waals surface area contributed by atoms with Crippen molar-refractivity contribution in [3.05, 3.63) is 144 Å². The largest absolute Gasteiger partial charge is 0.459 e. The van der Waals surface area contributed by atoms with Crippen molar-refractivity contribution in [3.63, 3.8) is 0 Å². The second-order valence-electron chi connectivity index (χ2n) is 14.3. The zero-order chi connectivity index (χ0) is 39.8. The quantitative estimate of drug-likeness (QED) is 0.0857. The van der Waals surface area contributed by atoms with Crippen LogP contribution in [0, 0.1) is 0 Å². The number of carbonyl (C=O) groups excluding carboxylic acids is 3. The molecule has 12 heteroatoms. The molecule has 0 radical (unpaired) electrons. The van der Waals surface area contributed by atoms with Crippen LogP contribution in [0.5, 0.6) is 0 Å². The molecule has 1 amide bonds. The molecule has 298 valence electrons. The van der Waals surface area contributed by atoms with Gasteiger partial charge < -0.3 is 43.2 Å². The molecule has 0 aliphatic carbocycles. The maximum atomic E-state index is 13.5. The van der Waals surface area contributed by atoms with Gasteiger partial charge in [-0.25, -0.2) is 9.59 Å².